The number of thioether (sulfide) groups is 1. The molecule has 3 rings (SSSR count). The van der Waals surface area contributed by atoms with E-state index in [9.17, 15) is 4.79 Å². The number of carbonyl (C=O) groups excluding carboxylic acids is 1. The highest BCUT2D eigenvalue weighted by Gasteiger charge is 2.22. The average Bonchev–Trinajstić information content (AvgIpc) is 3.13. The van der Waals surface area contributed by atoms with Crippen LogP contribution < -0.4 is 15.9 Å². The summed E-state index contributed by atoms with van der Waals surface area (Å²) in [5, 5.41) is 11.5. The molecule has 0 unspecified atom stereocenters. The van der Waals surface area contributed by atoms with Gasteiger partial charge in [0.1, 0.15) is 5.75 Å². The molecule has 0 radical (unpaired) electrons. The number of nitrogens with one attached hydrogen (secondary N) is 1. The second kappa shape index (κ2) is 9.67. The molecule has 158 valence electrons. The quantitative estimate of drug-likeness (QED) is 0.413. The van der Waals surface area contributed by atoms with E-state index in [4.69, 9.17) is 10.6 Å². The number of anilines is 1. The molecule has 0 aliphatic heterocycles. The fourth-order valence-electron chi connectivity index (χ4n) is 3.08. The summed E-state index contributed by atoms with van der Waals surface area (Å²) in [5.74, 6) is 7.60. The third-order valence-electron chi connectivity index (χ3n) is 5.03. The number of amides is 1. The molecule has 1 heterocycles. The molecule has 8 heteroatoms. The van der Waals surface area contributed by atoms with Crippen LogP contribution in [-0.4, -0.2) is 33.1 Å². The molecule has 0 aliphatic carbocycles. The van der Waals surface area contributed by atoms with Crippen LogP contribution >= 0.6 is 11.8 Å². The number of para-hydroxylation sites is 2. The summed E-state index contributed by atoms with van der Waals surface area (Å²) in [6.07, 6.45) is 0.999. The van der Waals surface area contributed by atoms with Crippen molar-refractivity contribution in [2.24, 2.45) is 0 Å². The van der Waals surface area contributed by atoms with E-state index in [1.807, 2.05) is 49.4 Å². The number of rotatable bonds is 8. The number of nitrogen functional groups attached to an aromatic ring is 1. The fraction of sp³-hybridized carbons (Fsp3) is 0.318. The van der Waals surface area contributed by atoms with Gasteiger partial charge in [0, 0.05) is 5.69 Å². The summed E-state index contributed by atoms with van der Waals surface area (Å²) in [4.78, 5) is 12.8. The maximum Gasteiger partial charge on any atom is 0.237 e. The fourth-order valence-corrected chi connectivity index (χ4v) is 3.85. The highest BCUT2D eigenvalue weighted by Crippen LogP contribution is 2.31. The molecular weight excluding hydrogens is 398 g/mol. The van der Waals surface area contributed by atoms with Crippen LogP contribution in [0.25, 0.3) is 11.4 Å². The minimum Gasteiger partial charge on any atom is -0.496 e. The standard InChI is InChI=1S/C22H27N5O2S/c1-5-14(2)16-10-6-8-12-18(16)24-21(28)15(3)30-22-26-25-20(27(22)23)17-11-7-9-13-19(17)29-4/h6-15H,5,23H2,1-4H3,(H,24,28)/t14-,15-/m1/s1. The van der Waals surface area contributed by atoms with E-state index in [0.717, 1.165) is 23.2 Å². The molecule has 0 saturated heterocycles. The van der Waals surface area contributed by atoms with Gasteiger partial charge < -0.3 is 15.9 Å². The molecule has 3 aromatic rings. The Kier molecular flexibility index (Phi) is 6.99. The molecule has 7 nitrogen and oxygen atoms in total. The van der Waals surface area contributed by atoms with Crippen molar-refractivity contribution in [1.82, 2.24) is 14.9 Å². The van der Waals surface area contributed by atoms with Gasteiger partial charge in [-0.3, -0.25) is 4.79 Å². The van der Waals surface area contributed by atoms with E-state index < -0.39 is 5.25 Å². The summed E-state index contributed by atoms with van der Waals surface area (Å²) in [6, 6.07) is 15.4. The van der Waals surface area contributed by atoms with Crippen LogP contribution in [-0.2, 0) is 4.79 Å². The maximum atomic E-state index is 12.8. The Morgan fingerprint density at radius 3 is 2.60 bits per heavy atom. The lowest BCUT2D eigenvalue weighted by Crippen LogP contribution is -2.24. The number of benzene rings is 2. The lowest BCUT2D eigenvalue weighted by atomic mass is 9.97. The Morgan fingerprint density at radius 1 is 1.17 bits per heavy atom. The lowest BCUT2D eigenvalue weighted by molar-refractivity contribution is -0.115. The number of carbonyl (C=O) groups is 1. The SMILES string of the molecule is CC[C@@H](C)c1ccccc1NC(=O)[C@@H](C)Sc1nnc(-c2ccccc2OC)n1N. The minimum atomic E-state index is -0.410. The first-order valence-corrected chi connectivity index (χ1v) is 10.7. The van der Waals surface area contributed by atoms with Gasteiger partial charge in [-0.15, -0.1) is 10.2 Å². The van der Waals surface area contributed by atoms with Crippen molar-refractivity contribution in [2.75, 3.05) is 18.3 Å². The van der Waals surface area contributed by atoms with Crippen molar-refractivity contribution in [3.05, 3.63) is 54.1 Å². The van der Waals surface area contributed by atoms with E-state index in [1.54, 1.807) is 7.11 Å². The smallest absolute Gasteiger partial charge is 0.237 e. The van der Waals surface area contributed by atoms with Crippen LogP contribution in [0, 0.1) is 0 Å². The van der Waals surface area contributed by atoms with Crippen molar-refractivity contribution in [2.45, 2.75) is 43.5 Å². The van der Waals surface area contributed by atoms with Crippen LogP contribution in [0.3, 0.4) is 0 Å². The highest BCUT2D eigenvalue weighted by atomic mass is 32.2. The zero-order valence-corrected chi connectivity index (χ0v) is 18.4. The Labute approximate surface area is 181 Å². The number of ether oxygens (including phenoxy) is 1. The van der Waals surface area contributed by atoms with Gasteiger partial charge in [0.2, 0.25) is 11.1 Å². The second-order valence-corrected chi connectivity index (χ2v) is 8.33. The van der Waals surface area contributed by atoms with Gasteiger partial charge in [-0.1, -0.05) is 55.9 Å². The number of aromatic nitrogens is 3. The first kappa shape index (κ1) is 21.7. The summed E-state index contributed by atoms with van der Waals surface area (Å²) in [6.45, 7) is 6.11. The molecule has 3 N–H and O–H groups in total. The maximum absolute atomic E-state index is 12.8. The van der Waals surface area contributed by atoms with Crippen molar-refractivity contribution in [3.63, 3.8) is 0 Å². The molecule has 2 aromatic carbocycles. The van der Waals surface area contributed by atoms with Gasteiger partial charge in [-0.2, -0.15) is 0 Å². The topological polar surface area (TPSA) is 95.1 Å². The summed E-state index contributed by atoms with van der Waals surface area (Å²) >= 11 is 1.26. The molecule has 2 atom stereocenters. The van der Waals surface area contributed by atoms with Crippen molar-refractivity contribution in [1.29, 1.82) is 0 Å². The van der Waals surface area contributed by atoms with E-state index >= 15 is 0 Å². The molecule has 0 fully saturated rings. The molecule has 30 heavy (non-hydrogen) atoms. The van der Waals surface area contributed by atoms with Gasteiger partial charge in [0.15, 0.2) is 5.82 Å². The van der Waals surface area contributed by atoms with Crippen molar-refractivity contribution < 1.29 is 9.53 Å². The first-order valence-electron chi connectivity index (χ1n) is 9.86. The Morgan fingerprint density at radius 2 is 1.87 bits per heavy atom. The molecule has 0 bridgehead atoms. The Bertz CT molecular complexity index is 1020. The number of nitrogens with zero attached hydrogens (tertiary/aromatic N) is 3. The van der Waals surface area contributed by atoms with E-state index in [0.29, 0.717) is 22.6 Å². The van der Waals surface area contributed by atoms with Gasteiger partial charge in [-0.05, 0) is 43.0 Å². The van der Waals surface area contributed by atoms with E-state index in [-0.39, 0.29) is 5.91 Å². The van der Waals surface area contributed by atoms with Crippen LogP contribution in [0.4, 0.5) is 5.69 Å². The third-order valence-corrected chi connectivity index (χ3v) is 6.08. The lowest BCUT2D eigenvalue weighted by Gasteiger charge is -2.17. The first-order chi connectivity index (χ1) is 14.5. The van der Waals surface area contributed by atoms with E-state index in [2.05, 4.69) is 35.4 Å². The monoisotopic (exact) mass is 425 g/mol. The Hall–Kier alpha value is -3.00. The average molecular weight is 426 g/mol. The van der Waals surface area contributed by atoms with Gasteiger partial charge >= 0.3 is 0 Å². The number of nitrogens with two attached hydrogens (primary N) is 1. The van der Waals surface area contributed by atoms with Gasteiger partial charge in [0.25, 0.3) is 0 Å². The summed E-state index contributed by atoms with van der Waals surface area (Å²) in [7, 11) is 1.59. The van der Waals surface area contributed by atoms with Crippen LogP contribution in [0.2, 0.25) is 0 Å². The minimum absolute atomic E-state index is 0.113. The second-order valence-electron chi connectivity index (χ2n) is 7.02. The molecule has 0 aliphatic rings. The van der Waals surface area contributed by atoms with Gasteiger partial charge in [0.05, 0.1) is 17.9 Å². The largest absolute Gasteiger partial charge is 0.496 e. The zero-order chi connectivity index (χ0) is 21.7. The molecule has 1 aromatic heterocycles. The van der Waals surface area contributed by atoms with Crippen LogP contribution in [0.1, 0.15) is 38.7 Å². The molecule has 0 saturated carbocycles. The van der Waals surface area contributed by atoms with Crippen molar-refractivity contribution >= 4 is 23.4 Å². The summed E-state index contributed by atoms with van der Waals surface area (Å²) in [5.41, 5.74) is 2.71. The number of hydrogen-bond acceptors (Lipinski definition) is 6. The van der Waals surface area contributed by atoms with Crippen molar-refractivity contribution in [3.8, 4) is 17.1 Å². The van der Waals surface area contributed by atoms with E-state index in [1.165, 1.54) is 16.4 Å². The number of hydrogen-bond donors (Lipinski definition) is 2. The molecular formula is C22H27N5O2S. The highest BCUT2D eigenvalue weighted by molar-refractivity contribution is 8.00. The summed E-state index contributed by atoms with van der Waals surface area (Å²) < 4.78 is 6.77. The molecule has 0 spiro atoms. The third kappa shape index (κ3) is 4.59. The Balaban J connectivity index is 1.75. The van der Waals surface area contributed by atoms with Crippen LogP contribution in [0.5, 0.6) is 5.75 Å². The normalized spacial score (nSPS) is 12.9. The predicted molar refractivity (Wildman–Crippen MR) is 121 cm³/mol. The van der Waals surface area contributed by atoms with Gasteiger partial charge in [-0.25, -0.2) is 4.68 Å². The molecule has 1 amide bonds. The predicted octanol–water partition coefficient (Wildman–Crippen LogP) is 4.30. The zero-order valence-electron chi connectivity index (χ0n) is 17.6. The number of methoxy groups -OCH3 is 1. The van der Waals surface area contributed by atoms with Crippen LogP contribution in [0.15, 0.2) is 53.7 Å².